The molecule has 0 radical (unpaired) electrons. The van der Waals surface area contributed by atoms with Crippen molar-refractivity contribution in [2.75, 3.05) is 0 Å². The van der Waals surface area contributed by atoms with Crippen LogP contribution in [0.5, 0.6) is 11.5 Å². The molecule has 0 bridgehead atoms. The van der Waals surface area contributed by atoms with E-state index in [0.29, 0.717) is 0 Å². The largest absolute Gasteiger partial charge is 0.507 e. The van der Waals surface area contributed by atoms with Gasteiger partial charge in [0.15, 0.2) is 11.6 Å². The van der Waals surface area contributed by atoms with Gasteiger partial charge in [0, 0.05) is 18.4 Å². The number of benzene rings is 1. The first-order chi connectivity index (χ1) is 11.8. The molecule has 0 amide bonds. The third-order valence-electron chi connectivity index (χ3n) is 3.84. The summed E-state index contributed by atoms with van der Waals surface area (Å²) in [5.74, 6) is -2.52. The number of ketones is 2. The first-order valence-corrected chi connectivity index (χ1v) is 7.94. The lowest BCUT2D eigenvalue weighted by Gasteiger charge is -2.22. The highest BCUT2D eigenvalue weighted by molar-refractivity contribution is 6.24. The number of phenolic OH excluding ortho intramolecular Hbond substituents is 2. The lowest BCUT2D eigenvalue weighted by atomic mass is 9.89. The number of carbonyl (C=O) groups excluding carboxylic acids is 3. The third kappa shape index (κ3) is 3.79. The van der Waals surface area contributed by atoms with Crippen LogP contribution >= 0.6 is 0 Å². The minimum Gasteiger partial charge on any atom is -0.507 e. The van der Waals surface area contributed by atoms with Crippen molar-refractivity contribution in [1.82, 2.24) is 0 Å². The molecule has 132 valence electrons. The Balaban J connectivity index is 2.59. The number of phenols is 2. The van der Waals surface area contributed by atoms with Crippen LogP contribution in [0.3, 0.4) is 0 Å². The Labute approximate surface area is 145 Å². The molecule has 2 rings (SSSR count). The number of allylic oxidation sites excluding steroid dienone is 3. The van der Waals surface area contributed by atoms with Gasteiger partial charge in [-0.3, -0.25) is 14.4 Å². The van der Waals surface area contributed by atoms with E-state index in [0.717, 1.165) is 17.7 Å². The van der Waals surface area contributed by atoms with Crippen molar-refractivity contribution in [3.05, 3.63) is 46.6 Å². The molecule has 6 nitrogen and oxygen atoms in total. The molecule has 1 aromatic carbocycles. The molecular formula is C19H20O6. The summed E-state index contributed by atoms with van der Waals surface area (Å²) in [5, 5.41) is 20.7. The zero-order valence-corrected chi connectivity index (χ0v) is 14.3. The lowest BCUT2D eigenvalue weighted by Crippen LogP contribution is -2.16. The van der Waals surface area contributed by atoms with Crippen LogP contribution < -0.4 is 0 Å². The molecule has 0 spiro atoms. The Hall–Kier alpha value is -2.89. The van der Waals surface area contributed by atoms with Crippen LogP contribution in [-0.4, -0.2) is 27.7 Å². The summed E-state index contributed by atoms with van der Waals surface area (Å²) in [5.41, 5.74) is 0.564. The minimum absolute atomic E-state index is 0.0898. The number of rotatable bonds is 5. The maximum Gasteiger partial charge on any atom is 0.306 e. The number of aromatic hydroxyl groups is 2. The predicted octanol–water partition coefficient (Wildman–Crippen LogP) is 3.38. The van der Waals surface area contributed by atoms with Gasteiger partial charge < -0.3 is 14.9 Å². The van der Waals surface area contributed by atoms with Crippen molar-refractivity contribution in [3.8, 4) is 11.5 Å². The highest BCUT2D eigenvalue weighted by Crippen LogP contribution is 2.41. The van der Waals surface area contributed by atoms with E-state index < -0.39 is 35.1 Å². The SMILES string of the molecule is CCC(=O)O[C@@H](CC=C(C)C)c1cc(O)c2c(c1O)C(=O)C=CC2=O. The second-order valence-electron chi connectivity index (χ2n) is 5.99. The average Bonchev–Trinajstić information content (AvgIpc) is 2.56. The smallest absolute Gasteiger partial charge is 0.306 e. The fourth-order valence-corrected chi connectivity index (χ4v) is 2.55. The second-order valence-corrected chi connectivity index (χ2v) is 5.99. The first-order valence-electron chi connectivity index (χ1n) is 7.94. The molecule has 0 unspecified atom stereocenters. The second kappa shape index (κ2) is 7.34. The molecule has 0 heterocycles. The summed E-state index contributed by atoms with van der Waals surface area (Å²) in [4.78, 5) is 35.7. The zero-order chi connectivity index (χ0) is 18.7. The van der Waals surface area contributed by atoms with E-state index in [-0.39, 0.29) is 29.5 Å². The summed E-state index contributed by atoms with van der Waals surface area (Å²) in [6.07, 6.45) is 3.42. The van der Waals surface area contributed by atoms with Crippen molar-refractivity contribution >= 4 is 17.5 Å². The Bertz CT molecular complexity index is 797. The van der Waals surface area contributed by atoms with Gasteiger partial charge in [0.05, 0.1) is 11.1 Å². The maximum atomic E-state index is 12.1. The van der Waals surface area contributed by atoms with Gasteiger partial charge in [-0.05, 0) is 32.1 Å². The summed E-state index contributed by atoms with van der Waals surface area (Å²) < 4.78 is 5.36. The van der Waals surface area contributed by atoms with Crippen molar-refractivity contribution < 1.29 is 29.3 Å². The van der Waals surface area contributed by atoms with Crippen molar-refractivity contribution in [3.63, 3.8) is 0 Å². The molecule has 2 N–H and O–H groups in total. The quantitative estimate of drug-likeness (QED) is 0.482. The molecule has 6 heteroatoms. The Kier molecular flexibility index (Phi) is 5.41. The molecule has 0 fully saturated rings. The first kappa shape index (κ1) is 18.4. The lowest BCUT2D eigenvalue weighted by molar-refractivity contribution is -0.149. The monoisotopic (exact) mass is 344 g/mol. The van der Waals surface area contributed by atoms with Crippen LogP contribution in [0.1, 0.15) is 66.0 Å². The van der Waals surface area contributed by atoms with Crippen LogP contribution in [0.2, 0.25) is 0 Å². The number of hydrogen-bond donors (Lipinski definition) is 2. The van der Waals surface area contributed by atoms with Crippen LogP contribution in [0.4, 0.5) is 0 Å². The molecule has 1 aliphatic carbocycles. The van der Waals surface area contributed by atoms with E-state index in [4.69, 9.17) is 4.74 Å². The molecule has 1 aliphatic rings. The number of fused-ring (bicyclic) bond motifs is 1. The van der Waals surface area contributed by atoms with E-state index in [9.17, 15) is 24.6 Å². The number of ether oxygens (including phenoxy) is 1. The van der Waals surface area contributed by atoms with Gasteiger partial charge in [0.25, 0.3) is 0 Å². The number of hydrogen-bond acceptors (Lipinski definition) is 6. The van der Waals surface area contributed by atoms with Gasteiger partial charge in [-0.2, -0.15) is 0 Å². The molecule has 0 aromatic heterocycles. The molecular weight excluding hydrogens is 324 g/mol. The molecule has 1 aromatic rings. The molecule has 0 saturated carbocycles. The van der Waals surface area contributed by atoms with E-state index >= 15 is 0 Å². The van der Waals surface area contributed by atoms with Crippen LogP contribution in [0.25, 0.3) is 0 Å². The fraction of sp³-hybridized carbons (Fsp3) is 0.316. The predicted molar refractivity (Wildman–Crippen MR) is 90.7 cm³/mol. The third-order valence-corrected chi connectivity index (χ3v) is 3.84. The van der Waals surface area contributed by atoms with Crippen molar-refractivity contribution in [1.29, 1.82) is 0 Å². The zero-order valence-electron chi connectivity index (χ0n) is 14.3. The number of carbonyl (C=O) groups is 3. The van der Waals surface area contributed by atoms with Gasteiger partial charge in [-0.1, -0.05) is 18.6 Å². The molecule has 1 atom stereocenters. The summed E-state index contributed by atoms with van der Waals surface area (Å²) >= 11 is 0. The molecule has 25 heavy (non-hydrogen) atoms. The van der Waals surface area contributed by atoms with Crippen LogP contribution in [0.15, 0.2) is 29.9 Å². The van der Waals surface area contributed by atoms with Gasteiger partial charge in [-0.15, -0.1) is 0 Å². The summed E-state index contributed by atoms with van der Waals surface area (Å²) in [6, 6.07) is 1.17. The van der Waals surface area contributed by atoms with E-state index in [1.807, 2.05) is 19.9 Å². The van der Waals surface area contributed by atoms with E-state index in [1.165, 1.54) is 6.07 Å². The maximum absolute atomic E-state index is 12.1. The number of esters is 1. The van der Waals surface area contributed by atoms with Crippen LogP contribution in [0, 0.1) is 0 Å². The molecule has 0 aliphatic heterocycles. The van der Waals surface area contributed by atoms with Crippen LogP contribution in [-0.2, 0) is 9.53 Å². The van der Waals surface area contributed by atoms with Crippen molar-refractivity contribution in [2.45, 2.75) is 39.7 Å². The Morgan fingerprint density at radius 3 is 2.32 bits per heavy atom. The van der Waals surface area contributed by atoms with Gasteiger partial charge in [-0.25, -0.2) is 0 Å². The topological polar surface area (TPSA) is 101 Å². The molecule has 0 saturated heterocycles. The minimum atomic E-state index is -0.882. The fourth-order valence-electron chi connectivity index (χ4n) is 2.55. The highest BCUT2D eigenvalue weighted by Gasteiger charge is 2.31. The normalized spacial score (nSPS) is 14.0. The Morgan fingerprint density at radius 2 is 1.76 bits per heavy atom. The highest BCUT2D eigenvalue weighted by atomic mass is 16.5. The Morgan fingerprint density at radius 1 is 1.16 bits per heavy atom. The van der Waals surface area contributed by atoms with Gasteiger partial charge >= 0.3 is 5.97 Å². The van der Waals surface area contributed by atoms with E-state index in [1.54, 1.807) is 6.92 Å². The van der Waals surface area contributed by atoms with Gasteiger partial charge in [0.2, 0.25) is 0 Å². The summed E-state index contributed by atoms with van der Waals surface area (Å²) in [7, 11) is 0. The van der Waals surface area contributed by atoms with E-state index in [2.05, 4.69) is 0 Å². The van der Waals surface area contributed by atoms with Crippen molar-refractivity contribution in [2.24, 2.45) is 0 Å². The summed E-state index contributed by atoms with van der Waals surface area (Å²) in [6.45, 7) is 5.38. The average molecular weight is 344 g/mol. The standard InChI is InChI=1S/C19H20O6/c1-4-16(23)25-15(8-5-10(2)3)11-9-14(22)17-12(20)6-7-13(21)18(17)19(11)24/h5-7,9,15,22,24H,4,8H2,1-3H3/t15-/m0/s1. The van der Waals surface area contributed by atoms with Gasteiger partial charge in [0.1, 0.15) is 17.6 Å².